The Morgan fingerprint density at radius 2 is 1.83 bits per heavy atom. The van der Waals surface area contributed by atoms with Gasteiger partial charge in [-0.1, -0.05) is 15.9 Å². The Morgan fingerprint density at radius 3 is 2.50 bits per heavy atom. The molecule has 7 nitrogen and oxygen atoms in total. The fourth-order valence-electron chi connectivity index (χ4n) is 3.38. The van der Waals surface area contributed by atoms with Crippen molar-refractivity contribution in [2.45, 2.75) is 11.3 Å². The highest BCUT2D eigenvalue weighted by Crippen LogP contribution is 2.41. The largest absolute Gasteiger partial charge is 0.497 e. The van der Waals surface area contributed by atoms with Crippen molar-refractivity contribution in [2.75, 3.05) is 23.3 Å². The lowest BCUT2D eigenvalue weighted by molar-refractivity contribution is 0.102. The van der Waals surface area contributed by atoms with E-state index in [2.05, 4.69) is 26.2 Å². The summed E-state index contributed by atoms with van der Waals surface area (Å²) in [5.41, 5.74) is 2.18. The van der Waals surface area contributed by atoms with E-state index in [1.807, 2.05) is 6.07 Å². The van der Waals surface area contributed by atoms with Crippen molar-refractivity contribution in [1.29, 1.82) is 0 Å². The van der Waals surface area contributed by atoms with Gasteiger partial charge >= 0.3 is 0 Å². The minimum Gasteiger partial charge on any atom is -0.497 e. The molecule has 1 aliphatic rings. The molecule has 2 heterocycles. The standard InChI is InChI=1S/C21H18BrN3O4S/c1-29-17-2-4-18(5-3-17)30(27,28)25-11-8-15-12-16(22)13-19(20(15)25)24-21(26)14-6-9-23-10-7-14/h2-7,9-10,12-13H,8,11H2,1H3,(H,24,26). The second-order valence-corrected chi connectivity index (χ2v) is 9.43. The molecule has 0 bridgehead atoms. The summed E-state index contributed by atoms with van der Waals surface area (Å²) >= 11 is 3.45. The normalized spacial score (nSPS) is 13.1. The molecule has 0 atom stereocenters. The van der Waals surface area contributed by atoms with Crippen molar-refractivity contribution < 1.29 is 17.9 Å². The number of ether oxygens (including phenoxy) is 1. The van der Waals surface area contributed by atoms with Crippen LogP contribution in [0.15, 0.2) is 70.3 Å². The molecule has 154 valence electrons. The molecule has 3 aromatic rings. The van der Waals surface area contributed by atoms with Crippen LogP contribution >= 0.6 is 15.9 Å². The van der Waals surface area contributed by atoms with E-state index < -0.39 is 10.0 Å². The number of methoxy groups -OCH3 is 1. The van der Waals surface area contributed by atoms with Gasteiger partial charge in [0.2, 0.25) is 0 Å². The highest BCUT2D eigenvalue weighted by Gasteiger charge is 2.33. The van der Waals surface area contributed by atoms with Crippen LogP contribution in [0.25, 0.3) is 0 Å². The zero-order chi connectivity index (χ0) is 21.3. The molecule has 0 aliphatic carbocycles. The van der Waals surface area contributed by atoms with Crippen LogP contribution in [0.2, 0.25) is 0 Å². The molecule has 0 unspecified atom stereocenters. The summed E-state index contributed by atoms with van der Waals surface area (Å²) in [5.74, 6) is 0.233. The minimum atomic E-state index is -3.81. The van der Waals surface area contributed by atoms with Crippen LogP contribution in [0.1, 0.15) is 15.9 Å². The average Bonchev–Trinajstić information content (AvgIpc) is 3.19. The first-order chi connectivity index (χ1) is 14.4. The maximum atomic E-state index is 13.3. The molecule has 2 aromatic carbocycles. The molecule has 1 amide bonds. The third kappa shape index (κ3) is 3.78. The Morgan fingerprint density at radius 1 is 1.13 bits per heavy atom. The summed E-state index contributed by atoms with van der Waals surface area (Å²) in [7, 11) is -2.29. The van der Waals surface area contributed by atoms with E-state index in [-0.39, 0.29) is 17.3 Å². The highest BCUT2D eigenvalue weighted by atomic mass is 79.9. The topological polar surface area (TPSA) is 88.6 Å². The number of halogens is 1. The van der Waals surface area contributed by atoms with Crippen LogP contribution in [-0.2, 0) is 16.4 Å². The second-order valence-electron chi connectivity index (χ2n) is 6.65. The predicted octanol–water partition coefficient (Wildman–Crippen LogP) is 3.86. The highest BCUT2D eigenvalue weighted by molar-refractivity contribution is 9.10. The maximum absolute atomic E-state index is 13.3. The average molecular weight is 488 g/mol. The van der Waals surface area contributed by atoms with Crippen molar-refractivity contribution in [2.24, 2.45) is 0 Å². The van der Waals surface area contributed by atoms with Gasteiger partial charge in [-0.3, -0.25) is 14.1 Å². The number of hydrogen-bond donors (Lipinski definition) is 1. The number of hydrogen-bond acceptors (Lipinski definition) is 5. The SMILES string of the molecule is COc1ccc(S(=O)(=O)N2CCc3cc(Br)cc(NC(=O)c4ccncc4)c32)cc1. The molecule has 0 spiro atoms. The summed E-state index contributed by atoms with van der Waals surface area (Å²) < 4.78 is 33.9. The van der Waals surface area contributed by atoms with E-state index in [1.54, 1.807) is 30.3 Å². The van der Waals surface area contributed by atoms with Crippen LogP contribution in [-0.4, -0.2) is 33.0 Å². The molecular formula is C21H18BrN3O4S. The molecule has 4 rings (SSSR count). The first kappa shape index (κ1) is 20.4. The van der Waals surface area contributed by atoms with Gasteiger partial charge in [-0.25, -0.2) is 8.42 Å². The van der Waals surface area contributed by atoms with Crippen LogP contribution in [0.5, 0.6) is 5.75 Å². The smallest absolute Gasteiger partial charge is 0.264 e. The number of pyridine rings is 1. The van der Waals surface area contributed by atoms with E-state index in [1.165, 1.54) is 35.9 Å². The number of benzene rings is 2. The molecule has 0 fully saturated rings. The van der Waals surface area contributed by atoms with Crippen molar-refractivity contribution >= 4 is 43.2 Å². The van der Waals surface area contributed by atoms with Crippen LogP contribution in [0, 0.1) is 0 Å². The lowest BCUT2D eigenvalue weighted by atomic mass is 10.1. The number of carbonyl (C=O) groups excluding carboxylic acids is 1. The lowest BCUT2D eigenvalue weighted by Crippen LogP contribution is -2.30. The number of anilines is 2. The quantitative estimate of drug-likeness (QED) is 0.590. The molecule has 1 N–H and O–H groups in total. The van der Waals surface area contributed by atoms with Gasteiger partial charge in [0.1, 0.15) is 5.75 Å². The molecule has 1 aliphatic heterocycles. The van der Waals surface area contributed by atoms with Gasteiger partial charge in [-0.05, 0) is 60.5 Å². The van der Waals surface area contributed by atoms with Crippen LogP contribution in [0.3, 0.4) is 0 Å². The Kier molecular flexibility index (Phi) is 5.48. The summed E-state index contributed by atoms with van der Waals surface area (Å²) in [6.45, 7) is 0.290. The first-order valence-corrected chi connectivity index (χ1v) is 11.3. The number of sulfonamides is 1. The number of rotatable bonds is 5. The summed E-state index contributed by atoms with van der Waals surface area (Å²) in [5, 5.41) is 2.85. The first-order valence-electron chi connectivity index (χ1n) is 9.11. The number of nitrogens with one attached hydrogen (secondary N) is 1. The maximum Gasteiger partial charge on any atom is 0.264 e. The van der Waals surface area contributed by atoms with Gasteiger partial charge in [0.15, 0.2) is 0 Å². The molecule has 0 saturated carbocycles. The van der Waals surface area contributed by atoms with Crippen LogP contribution in [0.4, 0.5) is 11.4 Å². The zero-order valence-corrected chi connectivity index (χ0v) is 18.4. The van der Waals surface area contributed by atoms with Gasteiger partial charge in [-0.15, -0.1) is 0 Å². The Labute approximate surface area is 182 Å². The lowest BCUT2D eigenvalue weighted by Gasteiger charge is -2.23. The van der Waals surface area contributed by atoms with E-state index in [4.69, 9.17) is 4.74 Å². The van der Waals surface area contributed by atoms with Gasteiger partial charge < -0.3 is 10.1 Å². The third-order valence-electron chi connectivity index (χ3n) is 4.83. The summed E-state index contributed by atoms with van der Waals surface area (Å²) in [6.07, 6.45) is 3.60. The molecule has 0 saturated heterocycles. The summed E-state index contributed by atoms with van der Waals surface area (Å²) in [6, 6.07) is 13.0. The molecule has 0 radical (unpaired) electrons. The number of amides is 1. The summed E-state index contributed by atoms with van der Waals surface area (Å²) in [4.78, 5) is 16.8. The fourth-order valence-corrected chi connectivity index (χ4v) is 5.41. The minimum absolute atomic E-state index is 0.158. The third-order valence-corrected chi connectivity index (χ3v) is 7.10. The number of aromatic nitrogens is 1. The fraction of sp³-hybridized carbons (Fsp3) is 0.143. The van der Waals surface area contributed by atoms with Crippen LogP contribution < -0.4 is 14.4 Å². The molecule has 1 aromatic heterocycles. The van der Waals surface area contributed by atoms with Gasteiger partial charge in [0.05, 0.1) is 23.4 Å². The molecular weight excluding hydrogens is 470 g/mol. The van der Waals surface area contributed by atoms with Crippen molar-refractivity contribution in [1.82, 2.24) is 4.98 Å². The van der Waals surface area contributed by atoms with E-state index in [0.717, 1.165) is 10.0 Å². The number of nitrogens with zero attached hydrogens (tertiary/aromatic N) is 2. The van der Waals surface area contributed by atoms with Gasteiger partial charge in [-0.2, -0.15) is 0 Å². The monoisotopic (exact) mass is 487 g/mol. The van der Waals surface area contributed by atoms with Gasteiger partial charge in [0.25, 0.3) is 15.9 Å². The number of fused-ring (bicyclic) bond motifs is 1. The van der Waals surface area contributed by atoms with E-state index >= 15 is 0 Å². The Hall–Kier alpha value is -2.91. The van der Waals surface area contributed by atoms with E-state index in [9.17, 15) is 13.2 Å². The van der Waals surface area contributed by atoms with Crippen molar-refractivity contribution in [3.8, 4) is 5.75 Å². The Balaban J connectivity index is 1.73. The van der Waals surface area contributed by atoms with E-state index in [0.29, 0.717) is 29.1 Å². The van der Waals surface area contributed by atoms with Crippen molar-refractivity contribution in [3.05, 3.63) is 76.5 Å². The predicted molar refractivity (Wildman–Crippen MR) is 118 cm³/mol. The zero-order valence-electron chi connectivity index (χ0n) is 16.0. The molecule has 9 heteroatoms. The van der Waals surface area contributed by atoms with Crippen molar-refractivity contribution in [3.63, 3.8) is 0 Å². The number of carbonyl (C=O) groups is 1. The molecule has 30 heavy (non-hydrogen) atoms. The second kappa shape index (κ2) is 8.08. The van der Waals surface area contributed by atoms with Gasteiger partial charge in [0, 0.05) is 29.0 Å². The Bertz CT molecular complexity index is 1200.